The van der Waals surface area contributed by atoms with Crippen LogP contribution in [0.15, 0.2) is 72.2 Å². The monoisotopic (exact) mass is 428 g/mol. The van der Waals surface area contributed by atoms with Crippen LogP contribution < -0.4 is 10.6 Å². The molecule has 0 atom stereocenters. The third kappa shape index (κ3) is 5.21. The second-order valence-electron chi connectivity index (χ2n) is 7.66. The number of nitrogens with one attached hydrogen (secondary N) is 2. The van der Waals surface area contributed by atoms with Crippen molar-refractivity contribution in [1.29, 1.82) is 0 Å². The molecule has 0 fully saturated rings. The van der Waals surface area contributed by atoms with Crippen molar-refractivity contribution in [2.75, 3.05) is 7.05 Å². The average Bonchev–Trinajstić information content (AvgIpc) is 3.43. The molecule has 0 bridgehead atoms. The molecule has 8 nitrogen and oxygen atoms in total. The van der Waals surface area contributed by atoms with E-state index in [1.165, 1.54) is 11.1 Å². The molecule has 2 aromatic carbocycles. The van der Waals surface area contributed by atoms with Gasteiger partial charge in [0.15, 0.2) is 5.96 Å². The molecule has 0 unspecified atom stereocenters. The quantitative estimate of drug-likeness (QED) is 0.349. The predicted molar refractivity (Wildman–Crippen MR) is 126 cm³/mol. The second kappa shape index (κ2) is 9.91. The molecule has 2 heterocycles. The molecule has 8 heteroatoms. The van der Waals surface area contributed by atoms with Crippen LogP contribution in [-0.2, 0) is 19.6 Å². The van der Waals surface area contributed by atoms with Crippen molar-refractivity contribution in [3.8, 4) is 5.69 Å². The first kappa shape index (κ1) is 21.3. The number of aliphatic imine (C=N–C) groups is 1. The highest BCUT2D eigenvalue weighted by atomic mass is 15.3. The van der Waals surface area contributed by atoms with Gasteiger partial charge in [0, 0.05) is 25.8 Å². The molecule has 32 heavy (non-hydrogen) atoms. The molecule has 0 aliphatic rings. The molecule has 0 radical (unpaired) electrons. The van der Waals surface area contributed by atoms with E-state index in [1.807, 2.05) is 28.4 Å². The Morgan fingerprint density at radius 3 is 2.53 bits per heavy atom. The van der Waals surface area contributed by atoms with E-state index in [4.69, 9.17) is 0 Å². The van der Waals surface area contributed by atoms with Crippen LogP contribution >= 0.6 is 0 Å². The fourth-order valence-electron chi connectivity index (χ4n) is 3.66. The predicted octanol–water partition coefficient (Wildman–Crippen LogP) is 2.99. The topological polar surface area (TPSA) is 85.0 Å². The van der Waals surface area contributed by atoms with E-state index in [2.05, 4.69) is 80.2 Å². The van der Waals surface area contributed by atoms with Gasteiger partial charge >= 0.3 is 0 Å². The van der Waals surface area contributed by atoms with Gasteiger partial charge in [-0.1, -0.05) is 42.5 Å². The normalized spacial score (nSPS) is 11.5. The number of aromatic nitrogens is 5. The highest BCUT2D eigenvalue weighted by molar-refractivity contribution is 5.79. The van der Waals surface area contributed by atoms with E-state index < -0.39 is 0 Å². The molecule has 0 amide bonds. The van der Waals surface area contributed by atoms with Crippen LogP contribution in [0.5, 0.6) is 0 Å². The molecule has 0 spiro atoms. The van der Waals surface area contributed by atoms with E-state index in [0.717, 1.165) is 28.6 Å². The third-order valence-corrected chi connectivity index (χ3v) is 5.16. The molecule has 2 aromatic heterocycles. The number of aryl methyl sites for hydroxylation is 2. The zero-order valence-electron chi connectivity index (χ0n) is 18.7. The van der Waals surface area contributed by atoms with Gasteiger partial charge < -0.3 is 10.6 Å². The molecule has 0 aliphatic carbocycles. The molecule has 0 saturated heterocycles. The number of guanidine groups is 1. The largest absolute Gasteiger partial charge is 0.352 e. The second-order valence-corrected chi connectivity index (χ2v) is 7.66. The number of nitrogens with zero attached hydrogens (tertiary/aromatic N) is 6. The first-order chi connectivity index (χ1) is 15.6. The number of hydrogen-bond acceptors (Lipinski definition) is 4. The number of para-hydroxylation sites is 1. The fourth-order valence-corrected chi connectivity index (χ4v) is 3.66. The lowest BCUT2D eigenvalue weighted by Gasteiger charge is -2.15. The van der Waals surface area contributed by atoms with Gasteiger partial charge in [-0.05, 0) is 42.7 Å². The molecule has 4 aromatic rings. The smallest absolute Gasteiger partial charge is 0.191 e. The van der Waals surface area contributed by atoms with E-state index in [0.29, 0.717) is 19.6 Å². The van der Waals surface area contributed by atoms with E-state index in [-0.39, 0.29) is 0 Å². The van der Waals surface area contributed by atoms with Crippen LogP contribution in [0.1, 0.15) is 28.1 Å². The summed E-state index contributed by atoms with van der Waals surface area (Å²) in [7, 11) is 1.78. The van der Waals surface area contributed by atoms with Gasteiger partial charge in [-0.2, -0.15) is 10.2 Å². The molecular formula is C24H28N8. The summed E-state index contributed by atoms with van der Waals surface area (Å²) in [6.45, 7) is 6.09. The van der Waals surface area contributed by atoms with Crippen molar-refractivity contribution in [3.63, 3.8) is 0 Å². The van der Waals surface area contributed by atoms with Gasteiger partial charge in [-0.15, -0.1) is 0 Å². The van der Waals surface area contributed by atoms with E-state index >= 15 is 0 Å². The van der Waals surface area contributed by atoms with Crippen molar-refractivity contribution in [2.45, 2.75) is 33.5 Å². The third-order valence-electron chi connectivity index (χ3n) is 5.16. The molecule has 4 rings (SSSR count). The minimum absolute atomic E-state index is 0.639. The zero-order chi connectivity index (χ0) is 22.3. The van der Waals surface area contributed by atoms with Crippen LogP contribution in [0.25, 0.3) is 5.69 Å². The van der Waals surface area contributed by atoms with Crippen LogP contribution in [0, 0.1) is 13.8 Å². The summed E-state index contributed by atoms with van der Waals surface area (Å²) in [5.74, 6) is 0.745. The van der Waals surface area contributed by atoms with Gasteiger partial charge in [0.25, 0.3) is 0 Å². The first-order valence-electron chi connectivity index (χ1n) is 10.6. The van der Waals surface area contributed by atoms with Crippen molar-refractivity contribution in [3.05, 3.63) is 95.3 Å². The summed E-state index contributed by atoms with van der Waals surface area (Å²) >= 11 is 0. The Labute approximate surface area is 188 Å². The average molecular weight is 429 g/mol. The summed E-state index contributed by atoms with van der Waals surface area (Å²) in [5, 5.41) is 15.6. The Morgan fingerprint density at radius 1 is 0.969 bits per heavy atom. The standard InChI is InChI=1S/C24H28N8/c1-18-11-19(2)32(30-18)23-10-5-4-9-22(23)14-28-24(25-3)27-13-20-7-6-8-21(12-20)15-31-17-26-16-29-31/h4-12,16-17H,13-15H2,1-3H3,(H2,25,27,28). The van der Waals surface area contributed by atoms with Crippen molar-refractivity contribution in [2.24, 2.45) is 4.99 Å². The molecular weight excluding hydrogens is 400 g/mol. The maximum absolute atomic E-state index is 4.63. The van der Waals surface area contributed by atoms with Crippen molar-refractivity contribution in [1.82, 2.24) is 35.2 Å². The highest BCUT2D eigenvalue weighted by Gasteiger charge is 2.09. The van der Waals surface area contributed by atoms with E-state index in [9.17, 15) is 0 Å². The van der Waals surface area contributed by atoms with Gasteiger partial charge in [-0.3, -0.25) is 4.99 Å². The highest BCUT2D eigenvalue weighted by Crippen LogP contribution is 2.17. The maximum Gasteiger partial charge on any atom is 0.191 e. The van der Waals surface area contributed by atoms with Gasteiger partial charge in [-0.25, -0.2) is 14.3 Å². The summed E-state index contributed by atoms with van der Waals surface area (Å²) in [4.78, 5) is 8.37. The van der Waals surface area contributed by atoms with Crippen LogP contribution in [-0.4, -0.2) is 37.6 Å². The van der Waals surface area contributed by atoms with Crippen LogP contribution in [0.2, 0.25) is 0 Å². The molecule has 164 valence electrons. The lowest BCUT2D eigenvalue weighted by Crippen LogP contribution is -2.36. The lowest BCUT2D eigenvalue weighted by atomic mass is 10.1. The fraction of sp³-hybridized carbons (Fsp3) is 0.250. The summed E-state index contributed by atoms with van der Waals surface area (Å²) in [5.41, 5.74) is 6.69. The summed E-state index contributed by atoms with van der Waals surface area (Å²) in [6, 6.07) is 18.8. The molecule has 0 aliphatic heterocycles. The summed E-state index contributed by atoms with van der Waals surface area (Å²) in [6.07, 6.45) is 3.27. The Kier molecular flexibility index (Phi) is 6.60. The van der Waals surface area contributed by atoms with Gasteiger partial charge in [0.2, 0.25) is 0 Å². The van der Waals surface area contributed by atoms with E-state index in [1.54, 1.807) is 19.7 Å². The summed E-state index contributed by atoms with van der Waals surface area (Å²) < 4.78 is 3.80. The Morgan fingerprint density at radius 2 is 1.78 bits per heavy atom. The van der Waals surface area contributed by atoms with Crippen LogP contribution in [0.4, 0.5) is 0 Å². The number of rotatable bonds is 7. The SMILES string of the molecule is CN=C(NCc1cccc(Cn2cncn2)c1)NCc1ccccc1-n1nc(C)cc1C. The Hall–Kier alpha value is -3.94. The Balaban J connectivity index is 1.38. The maximum atomic E-state index is 4.63. The molecule has 2 N–H and O–H groups in total. The molecule has 0 saturated carbocycles. The minimum atomic E-state index is 0.639. The van der Waals surface area contributed by atoms with Gasteiger partial charge in [0.1, 0.15) is 12.7 Å². The zero-order valence-corrected chi connectivity index (χ0v) is 18.7. The van der Waals surface area contributed by atoms with Crippen molar-refractivity contribution < 1.29 is 0 Å². The lowest BCUT2D eigenvalue weighted by molar-refractivity contribution is 0.683. The van der Waals surface area contributed by atoms with Crippen molar-refractivity contribution >= 4 is 5.96 Å². The minimum Gasteiger partial charge on any atom is -0.352 e. The first-order valence-corrected chi connectivity index (χ1v) is 10.6. The van der Waals surface area contributed by atoms with Gasteiger partial charge in [0.05, 0.1) is 17.9 Å². The number of hydrogen-bond donors (Lipinski definition) is 2. The Bertz CT molecular complexity index is 1190. The number of benzene rings is 2. The van der Waals surface area contributed by atoms with Crippen LogP contribution in [0.3, 0.4) is 0 Å².